The fraction of sp³-hybridized carbons (Fsp3) is 0.308. The highest BCUT2D eigenvalue weighted by Crippen LogP contribution is 2.09. The monoisotopic (exact) mass is 251 g/mol. The van der Waals surface area contributed by atoms with Gasteiger partial charge in [0.05, 0.1) is 13.0 Å². The first-order valence-corrected chi connectivity index (χ1v) is 5.89. The topological polar surface area (TPSA) is 40.5 Å². The molecule has 0 unspecified atom stereocenters. The number of nitrogens with zero attached hydrogens (tertiary/aromatic N) is 1. The molecule has 1 rings (SSSR count). The zero-order valence-electron chi connectivity index (χ0n) is 9.67. The third-order valence-corrected chi connectivity index (χ3v) is 2.66. The minimum atomic E-state index is -0.0326. The second-order valence-electron chi connectivity index (χ2n) is 3.70. The molecule has 0 bridgehead atoms. The van der Waals surface area contributed by atoms with E-state index in [-0.39, 0.29) is 12.5 Å². The first kappa shape index (κ1) is 13.8. The summed E-state index contributed by atoms with van der Waals surface area (Å²) in [6.07, 6.45) is 1.99. The summed E-state index contributed by atoms with van der Waals surface area (Å²) in [6.45, 7) is 4.37. The largest absolute Gasteiger partial charge is 0.395 e. The van der Waals surface area contributed by atoms with Gasteiger partial charge in [0.15, 0.2) is 0 Å². The molecule has 0 aliphatic carbocycles. The average Bonchev–Trinajstić information content (AvgIpc) is 2.32. The number of aliphatic hydroxyl groups excluding tert-OH is 1. The molecule has 17 heavy (non-hydrogen) atoms. The molecule has 0 saturated carbocycles. The van der Waals surface area contributed by atoms with E-state index in [2.05, 4.69) is 19.2 Å². The van der Waals surface area contributed by atoms with Crippen molar-refractivity contribution in [3.8, 4) is 0 Å². The van der Waals surface area contributed by atoms with Crippen LogP contribution in [0.3, 0.4) is 0 Å². The molecular weight excluding hydrogens is 234 g/mol. The van der Waals surface area contributed by atoms with Crippen LogP contribution in [0.5, 0.6) is 0 Å². The van der Waals surface area contributed by atoms with Gasteiger partial charge in [0.2, 0.25) is 5.91 Å². The van der Waals surface area contributed by atoms with E-state index >= 15 is 0 Å². The third kappa shape index (κ3) is 4.63. The summed E-state index contributed by atoms with van der Waals surface area (Å²) in [5.74, 6) is -0.00846. The standard InChI is InChI=1S/C13H17NO2S/c1-2-7-14(8-9-15)13(16)10-11-3-5-12(17)6-4-11/h2-6,15,17H,1,7-10H2. The van der Waals surface area contributed by atoms with E-state index in [0.717, 1.165) is 10.5 Å². The van der Waals surface area contributed by atoms with Gasteiger partial charge in [-0.2, -0.15) is 0 Å². The highest BCUT2D eigenvalue weighted by atomic mass is 32.1. The molecule has 0 aliphatic heterocycles. The molecule has 0 atom stereocenters. The number of hydrogen-bond donors (Lipinski definition) is 2. The SMILES string of the molecule is C=CCN(CCO)C(=O)Cc1ccc(S)cc1. The van der Waals surface area contributed by atoms with Crippen molar-refractivity contribution in [1.29, 1.82) is 0 Å². The van der Waals surface area contributed by atoms with Gasteiger partial charge < -0.3 is 10.0 Å². The summed E-state index contributed by atoms with van der Waals surface area (Å²) in [6, 6.07) is 7.47. The van der Waals surface area contributed by atoms with E-state index in [4.69, 9.17) is 5.11 Å². The van der Waals surface area contributed by atoms with Crippen molar-refractivity contribution in [2.75, 3.05) is 19.7 Å². The van der Waals surface area contributed by atoms with Crippen LogP contribution in [0.2, 0.25) is 0 Å². The first-order valence-electron chi connectivity index (χ1n) is 5.44. The van der Waals surface area contributed by atoms with Crippen molar-refractivity contribution in [3.05, 3.63) is 42.5 Å². The van der Waals surface area contributed by atoms with Gasteiger partial charge in [-0.25, -0.2) is 0 Å². The average molecular weight is 251 g/mol. The van der Waals surface area contributed by atoms with Gasteiger partial charge in [0, 0.05) is 18.0 Å². The summed E-state index contributed by atoms with van der Waals surface area (Å²) in [5, 5.41) is 8.88. The summed E-state index contributed by atoms with van der Waals surface area (Å²) in [5.41, 5.74) is 0.944. The van der Waals surface area contributed by atoms with E-state index < -0.39 is 0 Å². The number of carbonyl (C=O) groups excluding carboxylic acids is 1. The molecule has 1 amide bonds. The number of amides is 1. The lowest BCUT2D eigenvalue weighted by molar-refractivity contribution is -0.130. The highest BCUT2D eigenvalue weighted by Gasteiger charge is 2.11. The number of carbonyl (C=O) groups is 1. The molecule has 92 valence electrons. The van der Waals surface area contributed by atoms with Gasteiger partial charge in [-0.3, -0.25) is 4.79 Å². The van der Waals surface area contributed by atoms with Crippen LogP contribution in [-0.4, -0.2) is 35.6 Å². The van der Waals surface area contributed by atoms with Crippen molar-refractivity contribution in [2.24, 2.45) is 0 Å². The van der Waals surface area contributed by atoms with Gasteiger partial charge in [-0.15, -0.1) is 19.2 Å². The Bertz CT molecular complexity index is 376. The van der Waals surface area contributed by atoms with Crippen molar-refractivity contribution >= 4 is 18.5 Å². The van der Waals surface area contributed by atoms with Crippen LogP contribution in [0.4, 0.5) is 0 Å². The number of rotatable bonds is 6. The van der Waals surface area contributed by atoms with Gasteiger partial charge in [0.25, 0.3) is 0 Å². The maximum Gasteiger partial charge on any atom is 0.227 e. The Morgan fingerprint density at radius 2 is 2.06 bits per heavy atom. The molecule has 0 spiro atoms. The van der Waals surface area contributed by atoms with Crippen molar-refractivity contribution in [3.63, 3.8) is 0 Å². The second kappa shape index (κ2) is 7.14. The predicted octanol–water partition coefficient (Wildman–Crippen LogP) is 1.52. The van der Waals surface area contributed by atoms with E-state index in [1.54, 1.807) is 11.0 Å². The fourth-order valence-electron chi connectivity index (χ4n) is 1.49. The minimum absolute atomic E-state index is 0.00846. The first-order chi connectivity index (χ1) is 8.17. The number of hydrogen-bond acceptors (Lipinski definition) is 3. The normalized spacial score (nSPS) is 10.0. The van der Waals surface area contributed by atoms with Gasteiger partial charge in [-0.05, 0) is 17.7 Å². The Labute approximate surface area is 107 Å². The highest BCUT2D eigenvalue weighted by molar-refractivity contribution is 7.80. The maximum atomic E-state index is 11.9. The Morgan fingerprint density at radius 1 is 1.41 bits per heavy atom. The molecule has 0 aliphatic rings. The quantitative estimate of drug-likeness (QED) is 0.594. The summed E-state index contributed by atoms with van der Waals surface area (Å²) in [4.78, 5) is 14.4. The number of benzene rings is 1. The minimum Gasteiger partial charge on any atom is -0.395 e. The number of thiol groups is 1. The lowest BCUT2D eigenvalue weighted by Crippen LogP contribution is -2.34. The van der Waals surface area contributed by atoms with Crippen LogP contribution >= 0.6 is 12.6 Å². The van der Waals surface area contributed by atoms with Crippen LogP contribution in [0.25, 0.3) is 0 Å². The second-order valence-corrected chi connectivity index (χ2v) is 4.21. The molecular formula is C13H17NO2S. The Balaban J connectivity index is 2.62. The van der Waals surface area contributed by atoms with Crippen LogP contribution in [0.1, 0.15) is 5.56 Å². The lowest BCUT2D eigenvalue weighted by atomic mass is 10.1. The number of aliphatic hydroxyl groups is 1. The molecule has 0 aromatic heterocycles. The van der Waals surface area contributed by atoms with Crippen LogP contribution in [-0.2, 0) is 11.2 Å². The summed E-state index contributed by atoms with van der Waals surface area (Å²) < 4.78 is 0. The van der Waals surface area contributed by atoms with Crippen molar-refractivity contribution < 1.29 is 9.90 Å². The fourth-order valence-corrected chi connectivity index (χ4v) is 1.64. The Hall–Kier alpha value is -1.26. The molecule has 1 aromatic rings. The van der Waals surface area contributed by atoms with E-state index in [0.29, 0.717) is 19.5 Å². The smallest absolute Gasteiger partial charge is 0.227 e. The molecule has 3 nitrogen and oxygen atoms in total. The molecule has 0 radical (unpaired) electrons. The molecule has 1 aromatic carbocycles. The maximum absolute atomic E-state index is 11.9. The van der Waals surface area contributed by atoms with E-state index in [9.17, 15) is 4.79 Å². The molecule has 4 heteroatoms. The zero-order valence-corrected chi connectivity index (χ0v) is 10.6. The zero-order chi connectivity index (χ0) is 12.7. The van der Waals surface area contributed by atoms with Gasteiger partial charge in [0.1, 0.15) is 0 Å². The van der Waals surface area contributed by atoms with Gasteiger partial charge in [-0.1, -0.05) is 18.2 Å². The third-order valence-electron chi connectivity index (χ3n) is 2.36. The van der Waals surface area contributed by atoms with Crippen LogP contribution in [0.15, 0.2) is 41.8 Å². The van der Waals surface area contributed by atoms with Crippen molar-refractivity contribution in [2.45, 2.75) is 11.3 Å². The van der Waals surface area contributed by atoms with Crippen molar-refractivity contribution in [1.82, 2.24) is 4.90 Å². The summed E-state index contributed by atoms with van der Waals surface area (Å²) in [7, 11) is 0. The molecule has 0 saturated heterocycles. The Kier molecular flexibility index (Phi) is 5.80. The van der Waals surface area contributed by atoms with E-state index in [1.807, 2.05) is 24.3 Å². The Morgan fingerprint density at radius 3 is 2.59 bits per heavy atom. The van der Waals surface area contributed by atoms with E-state index in [1.165, 1.54) is 0 Å². The lowest BCUT2D eigenvalue weighted by Gasteiger charge is -2.19. The van der Waals surface area contributed by atoms with Gasteiger partial charge >= 0.3 is 0 Å². The molecule has 0 heterocycles. The molecule has 1 N–H and O–H groups in total. The predicted molar refractivity (Wildman–Crippen MR) is 71.3 cm³/mol. The van der Waals surface area contributed by atoms with Crippen LogP contribution in [0, 0.1) is 0 Å². The summed E-state index contributed by atoms with van der Waals surface area (Å²) >= 11 is 4.19. The van der Waals surface area contributed by atoms with Crippen LogP contribution < -0.4 is 0 Å². The molecule has 0 fully saturated rings.